The number of aliphatic imine (C=N–C) groups is 1. The van der Waals surface area contributed by atoms with Crippen LogP contribution < -0.4 is 9.47 Å². The van der Waals surface area contributed by atoms with E-state index in [2.05, 4.69) is 0 Å². The van der Waals surface area contributed by atoms with Gasteiger partial charge in [-0.2, -0.15) is 0 Å². The van der Waals surface area contributed by atoms with Crippen LogP contribution in [0.1, 0.15) is 23.6 Å². The zero-order chi connectivity index (χ0) is 18.6. The van der Waals surface area contributed by atoms with Crippen molar-refractivity contribution in [2.75, 3.05) is 20.8 Å². The standard InChI is InChI=1S/C21H23NO4/c1-4-26-20(23)21(22-14-15-8-6-5-7-9-15)12-16-17(13-21)19(25-3)11-10-18(16)24-2/h5-11,14H,4,12-13H2,1-3H3. The van der Waals surface area contributed by atoms with Crippen LogP contribution in [0.2, 0.25) is 0 Å². The summed E-state index contributed by atoms with van der Waals surface area (Å²) in [6.07, 6.45) is 2.58. The minimum absolute atomic E-state index is 0.312. The number of esters is 1. The minimum atomic E-state index is -1.00. The number of ether oxygens (including phenoxy) is 3. The van der Waals surface area contributed by atoms with Crippen molar-refractivity contribution < 1.29 is 19.0 Å². The molecular formula is C21H23NO4. The SMILES string of the molecule is CCOC(=O)C1(N=Cc2ccccc2)Cc2c(OC)ccc(OC)c2C1. The summed E-state index contributed by atoms with van der Waals surface area (Å²) >= 11 is 0. The molecule has 0 atom stereocenters. The molecule has 1 aliphatic carbocycles. The van der Waals surface area contributed by atoms with Crippen LogP contribution in [-0.4, -0.2) is 38.5 Å². The van der Waals surface area contributed by atoms with Gasteiger partial charge >= 0.3 is 5.97 Å². The summed E-state index contributed by atoms with van der Waals surface area (Å²) in [4.78, 5) is 17.5. The number of hydrogen-bond donors (Lipinski definition) is 0. The summed E-state index contributed by atoms with van der Waals surface area (Å²) in [6, 6.07) is 13.4. The van der Waals surface area contributed by atoms with Gasteiger partial charge in [-0.05, 0) is 24.6 Å². The van der Waals surface area contributed by atoms with E-state index in [0.29, 0.717) is 19.4 Å². The Bertz CT molecular complexity index is 781. The topological polar surface area (TPSA) is 57.1 Å². The molecule has 5 nitrogen and oxygen atoms in total. The maximum Gasteiger partial charge on any atom is 0.334 e. The normalized spacial score (nSPS) is 14.9. The molecule has 0 saturated carbocycles. The molecule has 0 aliphatic heterocycles. The van der Waals surface area contributed by atoms with Crippen molar-refractivity contribution in [3.05, 3.63) is 59.2 Å². The summed E-state index contributed by atoms with van der Waals surface area (Å²) in [5.41, 5.74) is 1.83. The Morgan fingerprint density at radius 2 is 1.62 bits per heavy atom. The Kier molecular flexibility index (Phi) is 5.26. The number of hydrogen-bond acceptors (Lipinski definition) is 5. The van der Waals surface area contributed by atoms with Gasteiger partial charge in [0.2, 0.25) is 0 Å². The minimum Gasteiger partial charge on any atom is -0.496 e. The highest BCUT2D eigenvalue weighted by Crippen LogP contribution is 2.43. The summed E-state index contributed by atoms with van der Waals surface area (Å²) in [7, 11) is 3.25. The number of carbonyl (C=O) groups excluding carboxylic acids is 1. The zero-order valence-corrected chi connectivity index (χ0v) is 15.3. The van der Waals surface area contributed by atoms with Crippen LogP contribution in [0.5, 0.6) is 11.5 Å². The van der Waals surface area contributed by atoms with Gasteiger partial charge in [0.25, 0.3) is 0 Å². The highest BCUT2D eigenvalue weighted by Gasteiger charge is 2.47. The predicted octanol–water partition coefficient (Wildman–Crippen LogP) is 3.22. The van der Waals surface area contributed by atoms with Crippen LogP contribution in [0, 0.1) is 0 Å². The predicted molar refractivity (Wildman–Crippen MR) is 100 cm³/mol. The van der Waals surface area contributed by atoms with Crippen molar-refractivity contribution >= 4 is 12.2 Å². The Morgan fingerprint density at radius 1 is 1.04 bits per heavy atom. The van der Waals surface area contributed by atoms with E-state index in [0.717, 1.165) is 28.2 Å². The third-order valence-corrected chi connectivity index (χ3v) is 4.64. The molecule has 0 bridgehead atoms. The van der Waals surface area contributed by atoms with Gasteiger partial charge in [-0.3, -0.25) is 4.99 Å². The Labute approximate surface area is 153 Å². The second-order valence-corrected chi connectivity index (χ2v) is 6.20. The molecule has 0 N–H and O–H groups in total. The van der Waals surface area contributed by atoms with Crippen LogP contribution in [0.3, 0.4) is 0 Å². The fraction of sp³-hybridized carbons (Fsp3) is 0.333. The molecule has 3 rings (SSSR count). The average Bonchev–Trinajstić information content (AvgIpc) is 3.08. The zero-order valence-electron chi connectivity index (χ0n) is 15.3. The van der Waals surface area contributed by atoms with Crippen molar-refractivity contribution in [2.45, 2.75) is 25.3 Å². The first-order chi connectivity index (χ1) is 12.6. The molecule has 0 spiro atoms. The van der Waals surface area contributed by atoms with Crippen LogP contribution in [0.4, 0.5) is 0 Å². The van der Waals surface area contributed by atoms with Crippen molar-refractivity contribution in [3.63, 3.8) is 0 Å². The quantitative estimate of drug-likeness (QED) is 0.591. The number of rotatable bonds is 6. The van der Waals surface area contributed by atoms with Gasteiger partial charge in [0.1, 0.15) is 11.5 Å². The third kappa shape index (κ3) is 3.29. The lowest BCUT2D eigenvalue weighted by Crippen LogP contribution is -2.39. The lowest BCUT2D eigenvalue weighted by atomic mass is 9.96. The highest BCUT2D eigenvalue weighted by molar-refractivity contribution is 5.89. The first kappa shape index (κ1) is 18.0. The summed E-state index contributed by atoms with van der Waals surface area (Å²) in [5.74, 6) is 1.15. The lowest BCUT2D eigenvalue weighted by Gasteiger charge is -2.22. The van der Waals surface area contributed by atoms with Crippen LogP contribution in [-0.2, 0) is 22.4 Å². The van der Waals surface area contributed by atoms with Crippen molar-refractivity contribution in [3.8, 4) is 11.5 Å². The van der Waals surface area contributed by atoms with E-state index in [9.17, 15) is 4.79 Å². The Balaban J connectivity index is 2.03. The van der Waals surface area contributed by atoms with Gasteiger partial charge in [-0.1, -0.05) is 30.3 Å². The van der Waals surface area contributed by atoms with Crippen molar-refractivity contribution in [1.82, 2.24) is 0 Å². The Hall–Kier alpha value is -2.82. The van der Waals surface area contributed by atoms with E-state index in [4.69, 9.17) is 19.2 Å². The molecule has 0 aromatic heterocycles. The summed E-state index contributed by atoms with van der Waals surface area (Å²) < 4.78 is 16.3. The molecule has 0 unspecified atom stereocenters. The monoisotopic (exact) mass is 353 g/mol. The van der Waals surface area contributed by atoms with Crippen LogP contribution >= 0.6 is 0 Å². The molecule has 0 heterocycles. The van der Waals surface area contributed by atoms with Crippen molar-refractivity contribution in [1.29, 1.82) is 0 Å². The fourth-order valence-corrected chi connectivity index (χ4v) is 3.36. The van der Waals surface area contributed by atoms with Gasteiger partial charge in [0, 0.05) is 30.2 Å². The van der Waals surface area contributed by atoms with Crippen molar-refractivity contribution in [2.24, 2.45) is 4.99 Å². The molecule has 136 valence electrons. The number of methoxy groups -OCH3 is 2. The van der Waals surface area contributed by atoms with Gasteiger partial charge in [0.15, 0.2) is 5.54 Å². The van der Waals surface area contributed by atoms with Crippen LogP contribution in [0.15, 0.2) is 47.5 Å². The molecule has 0 fully saturated rings. The number of fused-ring (bicyclic) bond motifs is 1. The second kappa shape index (κ2) is 7.60. The van der Waals surface area contributed by atoms with Gasteiger partial charge < -0.3 is 14.2 Å². The number of carbonyl (C=O) groups is 1. The molecule has 5 heteroatoms. The third-order valence-electron chi connectivity index (χ3n) is 4.64. The van der Waals surface area contributed by atoms with Gasteiger partial charge in [-0.25, -0.2) is 4.79 Å². The molecule has 2 aromatic rings. The molecule has 0 saturated heterocycles. The van der Waals surface area contributed by atoms with Gasteiger partial charge in [0.05, 0.1) is 20.8 Å². The first-order valence-corrected chi connectivity index (χ1v) is 8.63. The lowest BCUT2D eigenvalue weighted by molar-refractivity contribution is -0.149. The van der Waals surface area contributed by atoms with E-state index in [1.54, 1.807) is 27.4 Å². The van der Waals surface area contributed by atoms with E-state index < -0.39 is 5.54 Å². The Morgan fingerprint density at radius 3 is 2.12 bits per heavy atom. The largest absolute Gasteiger partial charge is 0.496 e. The van der Waals surface area contributed by atoms with Gasteiger partial charge in [-0.15, -0.1) is 0 Å². The number of nitrogens with zero attached hydrogens (tertiary/aromatic N) is 1. The maximum absolute atomic E-state index is 12.8. The summed E-state index contributed by atoms with van der Waals surface area (Å²) in [6.45, 7) is 2.11. The fourth-order valence-electron chi connectivity index (χ4n) is 3.36. The molecule has 0 radical (unpaired) electrons. The number of benzene rings is 2. The molecule has 0 amide bonds. The molecular weight excluding hydrogens is 330 g/mol. The van der Waals surface area contributed by atoms with E-state index in [1.807, 2.05) is 42.5 Å². The molecule has 1 aliphatic rings. The first-order valence-electron chi connectivity index (χ1n) is 8.63. The second-order valence-electron chi connectivity index (χ2n) is 6.20. The smallest absolute Gasteiger partial charge is 0.334 e. The van der Waals surface area contributed by atoms with E-state index >= 15 is 0 Å². The average molecular weight is 353 g/mol. The van der Waals surface area contributed by atoms with Crippen LogP contribution in [0.25, 0.3) is 0 Å². The summed E-state index contributed by atoms with van der Waals surface area (Å²) in [5, 5.41) is 0. The molecule has 2 aromatic carbocycles. The van der Waals surface area contributed by atoms with E-state index in [1.165, 1.54) is 0 Å². The maximum atomic E-state index is 12.8. The van der Waals surface area contributed by atoms with E-state index in [-0.39, 0.29) is 5.97 Å². The highest BCUT2D eigenvalue weighted by atomic mass is 16.5. The molecule has 26 heavy (non-hydrogen) atoms.